The highest BCUT2D eigenvalue weighted by Gasteiger charge is 2.34. The van der Waals surface area contributed by atoms with Crippen LogP contribution in [0, 0.1) is 13.8 Å². The summed E-state index contributed by atoms with van der Waals surface area (Å²) in [6.45, 7) is 6.14. The summed E-state index contributed by atoms with van der Waals surface area (Å²) < 4.78 is 23.4. The van der Waals surface area contributed by atoms with Gasteiger partial charge in [-0.1, -0.05) is 0 Å². The molecule has 0 aliphatic carbocycles. The molecule has 0 spiro atoms. The van der Waals surface area contributed by atoms with Crippen LogP contribution in [-0.2, 0) is 9.84 Å². The van der Waals surface area contributed by atoms with Crippen LogP contribution in [0.15, 0.2) is 18.2 Å². The van der Waals surface area contributed by atoms with Gasteiger partial charge in [-0.3, -0.25) is 4.79 Å². The Morgan fingerprint density at radius 3 is 2.46 bits per heavy atom. The van der Waals surface area contributed by atoms with Gasteiger partial charge in [-0.25, -0.2) is 18.4 Å². The molecule has 1 amide bonds. The van der Waals surface area contributed by atoms with E-state index in [1.807, 2.05) is 20.8 Å². The first-order chi connectivity index (χ1) is 11.3. The number of fused-ring (bicyclic) bond motifs is 1. The minimum atomic E-state index is -3.03. The number of carbonyl (C=O) groups is 1. The van der Waals surface area contributed by atoms with Crippen molar-refractivity contribution in [3.63, 3.8) is 0 Å². The zero-order chi connectivity index (χ0) is 17.5. The van der Waals surface area contributed by atoms with Gasteiger partial charge in [0.1, 0.15) is 0 Å². The van der Waals surface area contributed by atoms with E-state index in [1.165, 1.54) is 0 Å². The Bertz CT molecular complexity index is 909. The van der Waals surface area contributed by atoms with Gasteiger partial charge in [0.15, 0.2) is 9.84 Å². The highest BCUT2D eigenvalue weighted by Crippen LogP contribution is 2.21. The van der Waals surface area contributed by atoms with Crippen LogP contribution >= 0.6 is 0 Å². The number of hydrogen-bond acceptors (Lipinski definition) is 5. The van der Waals surface area contributed by atoms with E-state index in [0.29, 0.717) is 24.0 Å². The SMILES string of the molecule is CCN(C(=O)c1ccc2nc(C)c(C)nc2c1)C1CCS(=O)(=O)C1. The molecular formula is C17H21N3O3S. The third-order valence-electron chi connectivity index (χ3n) is 4.57. The normalized spacial score (nSPS) is 19.5. The van der Waals surface area contributed by atoms with Crippen molar-refractivity contribution in [2.45, 2.75) is 33.2 Å². The summed E-state index contributed by atoms with van der Waals surface area (Å²) >= 11 is 0. The topological polar surface area (TPSA) is 80.2 Å². The maximum absolute atomic E-state index is 12.9. The fraction of sp³-hybridized carbons (Fsp3) is 0.471. The van der Waals surface area contributed by atoms with Crippen molar-refractivity contribution < 1.29 is 13.2 Å². The Hall–Kier alpha value is -2.02. The lowest BCUT2D eigenvalue weighted by Crippen LogP contribution is -2.40. The van der Waals surface area contributed by atoms with Crippen molar-refractivity contribution in [2.24, 2.45) is 0 Å². The molecule has 1 saturated heterocycles. The van der Waals surface area contributed by atoms with Crippen molar-refractivity contribution in [2.75, 3.05) is 18.1 Å². The molecule has 1 aromatic heterocycles. The number of nitrogens with zero attached hydrogens (tertiary/aromatic N) is 3. The Morgan fingerprint density at radius 2 is 1.88 bits per heavy atom. The van der Waals surface area contributed by atoms with Crippen LogP contribution in [0.1, 0.15) is 35.1 Å². The summed E-state index contributed by atoms with van der Waals surface area (Å²) in [5.41, 5.74) is 3.65. The van der Waals surface area contributed by atoms with Gasteiger partial charge < -0.3 is 4.90 Å². The van der Waals surface area contributed by atoms with Crippen molar-refractivity contribution in [1.82, 2.24) is 14.9 Å². The third kappa shape index (κ3) is 3.13. The monoisotopic (exact) mass is 347 g/mol. The minimum Gasteiger partial charge on any atom is -0.335 e. The molecule has 1 aliphatic heterocycles. The molecule has 0 saturated carbocycles. The summed E-state index contributed by atoms with van der Waals surface area (Å²) in [7, 11) is -3.03. The van der Waals surface area contributed by atoms with Crippen molar-refractivity contribution in [3.05, 3.63) is 35.2 Å². The second kappa shape index (κ2) is 6.12. The van der Waals surface area contributed by atoms with E-state index in [1.54, 1.807) is 23.1 Å². The van der Waals surface area contributed by atoms with Gasteiger partial charge in [0.25, 0.3) is 5.91 Å². The quantitative estimate of drug-likeness (QED) is 0.847. The number of benzene rings is 1. The van der Waals surface area contributed by atoms with Crippen LogP contribution < -0.4 is 0 Å². The van der Waals surface area contributed by atoms with Crippen LogP contribution in [0.4, 0.5) is 0 Å². The number of rotatable bonds is 3. The third-order valence-corrected chi connectivity index (χ3v) is 6.32. The summed E-state index contributed by atoms with van der Waals surface area (Å²) in [5, 5.41) is 0. The summed E-state index contributed by atoms with van der Waals surface area (Å²) in [4.78, 5) is 23.5. The van der Waals surface area contributed by atoms with Crippen LogP contribution in [0.5, 0.6) is 0 Å². The van der Waals surface area contributed by atoms with Crippen molar-refractivity contribution in [3.8, 4) is 0 Å². The standard InChI is InChI=1S/C17H21N3O3S/c1-4-20(14-7-8-24(22,23)10-14)17(21)13-5-6-15-16(9-13)19-12(3)11(2)18-15/h5-6,9,14H,4,7-8,10H2,1-3H3. The average molecular weight is 347 g/mol. The zero-order valence-corrected chi connectivity index (χ0v) is 14.9. The molecule has 1 aromatic carbocycles. The Labute approximate surface area is 141 Å². The fourth-order valence-electron chi connectivity index (χ4n) is 3.12. The predicted octanol–water partition coefficient (Wildman–Crippen LogP) is 1.90. The maximum Gasteiger partial charge on any atom is 0.254 e. The molecule has 0 N–H and O–H groups in total. The van der Waals surface area contributed by atoms with Gasteiger partial charge in [-0.2, -0.15) is 0 Å². The number of aryl methyl sites for hydroxylation is 2. The molecule has 0 bridgehead atoms. The van der Waals surface area contributed by atoms with E-state index >= 15 is 0 Å². The van der Waals surface area contributed by atoms with Gasteiger partial charge >= 0.3 is 0 Å². The van der Waals surface area contributed by atoms with Crippen molar-refractivity contribution >= 4 is 26.8 Å². The largest absolute Gasteiger partial charge is 0.335 e. The summed E-state index contributed by atoms with van der Waals surface area (Å²) in [6, 6.07) is 5.03. The van der Waals surface area contributed by atoms with Crippen LogP contribution in [0.25, 0.3) is 11.0 Å². The Morgan fingerprint density at radius 1 is 1.21 bits per heavy atom. The Kier molecular flexibility index (Phi) is 4.29. The maximum atomic E-state index is 12.9. The van der Waals surface area contributed by atoms with E-state index in [-0.39, 0.29) is 23.5 Å². The van der Waals surface area contributed by atoms with Crippen LogP contribution in [-0.4, -0.2) is 53.3 Å². The molecule has 1 atom stereocenters. The second-order valence-corrected chi connectivity index (χ2v) is 8.47. The van der Waals surface area contributed by atoms with Gasteiger partial charge in [0.2, 0.25) is 0 Å². The molecule has 3 rings (SSSR count). The molecule has 128 valence electrons. The Balaban J connectivity index is 1.93. The lowest BCUT2D eigenvalue weighted by Gasteiger charge is -2.27. The highest BCUT2D eigenvalue weighted by atomic mass is 32.2. The van der Waals surface area contributed by atoms with E-state index in [2.05, 4.69) is 9.97 Å². The smallest absolute Gasteiger partial charge is 0.254 e. The van der Waals surface area contributed by atoms with E-state index in [9.17, 15) is 13.2 Å². The predicted molar refractivity (Wildman–Crippen MR) is 92.8 cm³/mol. The second-order valence-electron chi connectivity index (χ2n) is 6.25. The van der Waals surface area contributed by atoms with Gasteiger partial charge in [-0.15, -0.1) is 0 Å². The number of sulfone groups is 1. The molecule has 2 aromatic rings. The number of carbonyl (C=O) groups excluding carboxylic acids is 1. The van der Waals surface area contributed by atoms with Crippen molar-refractivity contribution in [1.29, 1.82) is 0 Å². The van der Waals surface area contributed by atoms with Gasteiger partial charge in [0, 0.05) is 18.2 Å². The first-order valence-electron chi connectivity index (χ1n) is 8.07. The van der Waals surface area contributed by atoms with Gasteiger partial charge in [0.05, 0.1) is 33.9 Å². The number of amides is 1. The van der Waals surface area contributed by atoms with Gasteiger partial charge in [-0.05, 0) is 45.4 Å². The molecule has 6 nitrogen and oxygen atoms in total. The van der Waals surface area contributed by atoms with E-state index in [4.69, 9.17) is 0 Å². The molecule has 24 heavy (non-hydrogen) atoms. The van der Waals surface area contributed by atoms with Crippen LogP contribution in [0.2, 0.25) is 0 Å². The number of hydrogen-bond donors (Lipinski definition) is 0. The molecule has 1 aliphatic rings. The average Bonchev–Trinajstić information content (AvgIpc) is 2.88. The molecule has 1 fully saturated rings. The summed E-state index contributed by atoms with van der Waals surface area (Å²) in [6.07, 6.45) is 0.508. The first-order valence-corrected chi connectivity index (χ1v) is 9.89. The number of aromatic nitrogens is 2. The molecule has 7 heteroatoms. The summed E-state index contributed by atoms with van der Waals surface area (Å²) in [5.74, 6) is 0.0583. The lowest BCUT2D eigenvalue weighted by atomic mass is 10.1. The van der Waals surface area contributed by atoms with E-state index < -0.39 is 9.84 Å². The molecule has 2 heterocycles. The molecular weight excluding hydrogens is 326 g/mol. The fourth-order valence-corrected chi connectivity index (χ4v) is 4.85. The lowest BCUT2D eigenvalue weighted by molar-refractivity contribution is 0.0708. The first kappa shape index (κ1) is 16.8. The zero-order valence-electron chi connectivity index (χ0n) is 14.1. The molecule has 1 unspecified atom stereocenters. The highest BCUT2D eigenvalue weighted by molar-refractivity contribution is 7.91. The molecule has 0 radical (unpaired) electrons. The van der Waals surface area contributed by atoms with Crippen LogP contribution in [0.3, 0.4) is 0 Å². The van der Waals surface area contributed by atoms with E-state index in [0.717, 1.165) is 16.9 Å². The minimum absolute atomic E-state index is 0.0538.